The van der Waals surface area contributed by atoms with Gasteiger partial charge in [-0.05, 0) is 25.3 Å². The number of nitrogens with one attached hydrogen (secondary N) is 1. The van der Waals surface area contributed by atoms with Crippen LogP contribution in [0, 0.1) is 0 Å². The molecule has 0 aromatic heterocycles. The SMILES string of the molecule is COC(=O)CCC(NC(=O)CCC(C)N)c1ccccc1.Cl. The molecule has 1 rings (SSSR count). The lowest BCUT2D eigenvalue weighted by Gasteiger charge is -2.19. The van der Waals surface area contributed by atoms with E-state index in [9.17, 15) is 9.59 Å². The summed E-state index contributed by atoms with van der Waals surface area (Å²) < 4.78 is 4.65. The largest absolute Gasteiger partial charge is 0.469 e. The highest BCUT2D eigenvalue weighted by atomic mass is 35.5. The lowest BCUT2D eigenvalue weighted by atomic mass is 10.0. The van der Waals surface area contributed by atoms with Crippen LogP contribution in [0.25, 0.3) is 0 Å². The Morgan fingerprint density at radius 1 is 1.18 bits per heavy atom. The third kappa shape index (κ3) is 8.00. The van der Waals surface area contributed by atoms with Gasteiger partial charge >= 0.3 is 5.97 Å². The smallest absolute Gasteiger partial charge is 0.305 e. The van der Waals surface area contributed by atoms with E-state index in [0.29, 0.717) is 19.3 Å². The van der Waals surface area contributed by atoms with Crippen LogP contribution in [0.4, 0.5) is 0 Å². The molecule has 1 aromatic carbocycles. The van der Waals surface area contributed by atoms with Gasteiger partial charge in [0.15, 0.2) is 0 Å². The van der Waals surface area contributed by atoms with Gasteiger partial charge in [0, 0.05) is 18.9 Å². The fourth-order valence-corrected chi connectivity index (χ4v) is 2.00. The number of carbonyl (C=O) groups excluding carboxylic acids is 2. The van der Waals surface area contributed by atoms with E-state index in [4.69, 9.17) is 5.73 Å². The van der Waals surface area contributed by atoms with Crippen LogP contribution in [0.15, 0.2) is 30.3 Å². The fourth-order valence-electron chi connectivity index (χ4n) is 2.00. The van der Waals surface area contributed by atoms with Crippen molar-refractivity contribution in [1.82, 2.24) is 5.32 Å². The van der Waals surface area contributed by atoms with Gasteiger partial charge in [-0.25, -0.2) is 0 Å². The maximum absolute atomic E-state index is 12.0. The van der Waals surface area contributed by atoms with Gasteiger partial charge in [-0.1, -0.05) is 30.3 Å². The van der Waals surface area contributed by atoms with Crippen molar-refractivity contribution < 1.29 is 14.3 Å². The van der Waals surface area contributed by atoms with Crippen molar-refractivity contribution in [1.29, 1.82) is 0 Å². The lowest BCUT2D eigenvalue weighted by molar-refractivity contribution is -0.141. The van der Waals surface area contributed by atoms with Crippen molar-refractivity contribution in [2.24, 2.45) is 5.73 Å². The van der Waals surface area contributed by atoms with Crippen LogP contribution < -0.4 is 11.1 Å². The average molecular weight is 329 g/mol. The topological polar surface area (TPSA) is 81.4 Å². The summed E-state index contributed by atoms with van der Waals surface area (Å²) in [7, 11) is 1.36. The molecule has 3 N–H and O–H groups in total. The minimum absolute atomic E-state index is 0. The molecule has 2 atom stereocenters. The predicted octanol–water partition coefficient (Wildman–Crippen LogP) is 2.35. The van der Waals surface area contributed by atoms with Crippen LogP contribution in [-0.4, -0.2) is 25.0 Å². The maximum atomic E-state index is 12.0. The number of nitrogens with two attached hydrogens (primary N) is 1. The number of carbonyl (C=O) groups is 2. The predicted molar refractivity (Wildman–Crippen MR) is 88.7 cm³/mol. The molecular weight excluding hydrogens is 304 g/mol. The van der Waals surface area contributed by atoms with Crippen LogP contribution in [0.2, 0.25) is 0 Å². The van der Waals surface area contributed by atoms with Gasteiger partial charge in [-0.3, -0.25) is 9.59 Å². The zero-order chi connectivity index (χ0) is 15.7. The van der Waals surface area contributed by atoms with E-state index in [2.05, 4.69) is 10.1 Å². The Hall–Kier alpha value is -1.59. The molecular formula is C16H25ClN2O3. The molecule has 0 aliphatic heterocycles. The average Bonchev–Trinajstić information content (AvgIpc) is 2.49. The Balaban J connectivity index is 0.00000441. The molecule has 0 aliphatic carbocycles. The number of halogens is 1. The molecule has 0 heterocycles. The van der Waals surface area contributed by atoms with Crippen LogP contribution in [0.3, 0.4) is 0 Å². The number of methoxy groups -OCH3 is 1. The minimum atomic E-state index is -0.277. The number of hydrogen-bond donors (Lipinski definition) is 2. The van der Waals surface area contributed by atoms with Crippen molar-refractivity contribution in [2.75, 3.05) is 7.11 Å². The van der Waals surface area contributed by atoms with Crippen molar-refractivity contribution in [3.8, 4) is 0 Å². The molecule has 2 unspecified atom stereocenters. The van der Waals surface area contributed by atoms with E-state index >= 15 is 0 Å². The molecule has 0 aliphatic rings. The van der Waals surface area contributed by atoms with E-state index in [-0.39, 0.29) is 42.8 Å². The van der Waals surface area contributed by atoms with E-state index in [1.165, 1.54) is 7.11 Å². The highest BCUT2D eigenvalue weighted by molar-refractivity contribution is 5.85. The maximum Gasteiger partial charge on any atom is 0.305 e. The quantitative estimate of drug-likeness (QED) is 0.718. The number of rotatable bonds is 8. The number of amides is 1. The number of benzene rings is 1. The molecule has 5 nitrogen and oxygen atoms in total. The van der Waals surface area contributed by atoms with Gasteiger partial charge in [-0.2, -0.15) is 0 Å². The molecule has 1 aromatic rings. The van der Waals surface area contributed by atoms with E-state index < -0.39 is 0 Å². The summed E-state index contributed by atoms with van der Waals surface area (Å²) in [6, 6.07) is 9.43. The Morgan fingerprint density at radius 3 is 2.36 bits per heavy atom. The van der Waals surface area contributed by atoms with Gasteiger partial charge < -0.3 is 15.8 Å². The summed E-state index contributed by atoms with van der Waals surface area (Å²) in [5, 5.41) is 2.97. The monoisotopic (exact) mass is 328 g/mol. The van der Waals surface area contributed by atoms with Crippen molar-refractivity contribution in [3.05, 3.63) is 35.9 Å². The Morgan fingerprint density at radius 2 is 1.82 bits per heavy atom. The second-order valence-corrected chi connectivity index (χ2v) is 5.16. The van der Waals surface area contributed by atoms with Gasteiger partial charge in [-0.15, -0.1) is 12.4 Å². The standard InChI is InChI=1S/C16H24N2O3.ClH/c1-12(17)8-10-15(19)18-14(9-11-16(20)21-2)13-6-4-3-5-7-13;/h3-7,12,14H,8-11,17H2,1-2H3,(H,18,19);1H. The van der Waals surface area contributed by atoms with Crippen LogP contribution in [-0.2, 0) is 14.3 Å². The van der Waals surface area contributed by atoms with Gasteiger partial charge in [0.25, 0.3) is 0 Å². The van der Waals surface area contributed by atoms with E-state index in [1.807, 2.05) is 37.3 Å². The summed E-state index contributed by atoms with van der Waals surface area (Å²) in [6.07, 6.45) is 1.81. The number of hydrogen-bond acceptors (Lipinski definition) is 4. The first-order valence-electron chi connectivity index (χ1n) is 7.19. The third-order valence-electron chi connectivity index (χ3n) is 3.23. The Bertz CT molecular complexity index is 452. The molecule has 0 saturated carbocycles. The zero-order valence-electron chi connectivity index (χ0n) is 13.1. The molecule has 0 radical (unpaired) electrons. The molecule has 124 valence electrons. The molecule has 0 spiro atoms. The summed E-state index contributed by atoms with van der Waals surface area (Å²) in [6.45, 7) is 1.87. The fraction of sp³-hybridized carbons (Fsp3) is 0.500. The van der Waals surface area contributed by atoms with Crippen molar-refractivity contribution >= 4 is 24.3 Å². The number of esters is 1. The first-order valence-corrected chi connectivity index (χ1v) is 7.19. The van der Waals surface area contributed by atoms with E-state index in [0.717, 1.165) is 5.56 Å². The molecule has 6 heteroatoms. The van der Waals surface area contributed by atoms with Crippen LogP contribution in [0.5, 0.6) is 0 Å². The highest BCUT2D eigenvalue weighted by Crippen LogP contribution is 2.19. The molecule has 0 bridgehead atoms. The first-order chi connectivity index (χ1) is 10.0. The van der Waals surface area contributed by atoms with Gasteiger partial charge in [0.2, 0.25) is 5.91 Å². The van der Waals surface area contributed by atoms with E-state index in [1.54, 1.807) is 0 Å². The zero-order valence-corrected chi connectivity index (χ0v) is 13.9. The highest BCUT2D eigenvalue weighted by Gasteiger charge is 2.16. The van der Waals surface area contributed by atoms with Crippen molar-refractivity contribution in [3.63, 3.8) is 0 Å². The first kappa shape index (κ1) is 20.4. The third-order valence-corrected chi connectivity index (χ3v) is 3.23. The van der Waals surface area contributed by atoms with Gasteiger partial charge in [0.05, 0.1) is 13.2 Å². The van der Waals surface area contributed by atoms with Crippen LogP contribution >= 0.6 is 12.4 Å². The van der Waals surface area contributed by atoms with Crippen LogP contribution in [0.1, 0.15) is 44.2 Å². The summed E-state index contributed by atoms with van der Waals surface area (Å²) in [4.78, 5) is 23.3. The molecule has 0 saturated heterocycles. The summed E-state index contributed by atoms with van der Waals surface area (Å²) in [5.41, 5.74) is 6.64. The molecule has 1 amide bonds. The summed E-state index contributed by atoms with van der Waals surface area (Å²) >= 11 is 0. The lowest BCUT2D eigenvalue weighted by Crippen LogP contribution is -2.30. The van der Waals surface area contributed by atoms with Gasteiger partial charge in [0.1, 0.15) is 0 Å². The summed E-state index contributed by atoms with van der Waals surface area (Å²) in [5.74, 6) is -0.327. The Kier molecular flexibility index (Phi) is 10.2. The Labute approximate surface area is 138 Å². The second-order valence-electron chi connectivity index (χ2n) is 5.16. The van der Waals surface area contributed by atoms with Crippen molar-refractivity contribution in [2.45, 2.75) is 44.7 Å². The second kappa shape index (κ2) is 11.0. The normalized spacial score (nSPS) is 12.7. The molecule has 22 heavy (non-hydrogen) atoms. The number of ether oxygens (including phenoxy) is 1. The minimum Gasteiger partial charge on any atom is -0.469 e. The molecule has 0 fully saturated rings.